The predicted octanol–water partition coefficient (Wildman–Crippen LogP) is 2.95. The molecular weight excluding hydrogens is 232 g/mol. The number of methoxy groups -OCH3 is 1. The zero-order valence-electron chi connectivity index (χ0n) is 11.5. The van der Waals surface area contributed by atoms with Gasteiger partial charge in [-0.05, 0) is 20.3 Å². The van der Waals surface area contributed by atoms with Gasteiger partial charge in [0, 0.05) is 17.0 Å². The lowest BCUT2D eigenvalue weighted by atomic mass is 9.92. The first kappa shape index (κ1) is 14.4. The van der Waals surface area contributed by atoms with Crippen LogP contribution >= 0.6 is 0 Å². The van der Waals surface area contributed by atoms with E-state index < -0.39 is 0 Å². The number of hydrogen-bond acceptors (Lipinski definition) is 4. The molecule has 4 heteroatoms. The highest BCUT2D eigenvalue weighted by Crippen LogP contribution is 2.42. The summed E-state index contributed by atoms with van der Waals surface area (Å²) in [7, 11) is 1.42. The summed E-state index contributed by atoms with van der Waals surface area (Å²) in [6.07, 6.45) is 0.681. The fourth-order valence-electron chi connectivity index (χ4n) is 1.90. The van der Waals surface area contributed by atoms with Gasteiger partial charge in [0.1, 0.15) is 22.8 Å². The van der Waals surface area contributed by atoms with Crippen LogP contribution in [0.2, 0.25) is 0 Å². The van der Waals surface area contributed by atoms with Crippen LogP contribution in [-0.2, 0) is 0 Å². The number of hydrogen-bond donors (Lipinski definition) is 2. The topological polar surface area (TPSA) is 66.8 Å². The molecule has 0 radical (unpaired) electrons. The SMILES string of the molecule is CC[C@@H](C)C(=O)c1c(O)c(C)c(O)c(C)c1OC. The Morgan fingerprint density at radius 3 is 2.22 bits per heavy atom. The molecule has 0 saturated heterocycles. The lowest BCUT2D eigenvalue weighted by Crippen LogP contribution is -2.13. The molecule has 1 aromatic rings. The van der Waals surface area contributed by atoms with E-state index in [4.69, 9.17) is 4.74 Å². The smallest absolute Gasteiger partial charge is 0.173 e. The van der Waals surface area contributed by atoms with E-state index in [9.17, 15) is 15.0 Å². The second-order valence-corrected chi connectivity index (χ2v) is 4.53. The van der Waals surface area contributed by atoms with Crippen molar-refractivity contribution >= 4 is 5.78 Å². The van der Waals surface area contributed by atoms with Crippen LogP contribution in [-0.4, -0.2) is 23.1 Å². The van der Waals surface area contributed by atoms with Gasteiger partial charge < -0.3 is 14.9 Å². The lowest BCUT2D eigenvalue weighted by molar-refractivity contribution is 0.0921. The Labute approximate surface area is 107 Å². The van der Waals surface area contributed by atoms with Crippen molar-refractivity contribution in [2.45, 2.75) is 34.1 Å². The summed E-state index contributed by atoms with van der Waals surface area (Å²) in [4.78, 5) is 12.3. The molecular formula is C14H20O4. The van der Waals surface area contributed by atoms with Crippen LogP contribution in [0.1, 0.15) is 41.8 Å². The molecule has 0 aromatic heterocycles. The molecule has 18 heavy (non-hydrogen) atoms. The second-order valence-electron chi connectivity index (χ2n) is 4.53. The van der Waals surface area contributed by atoms with Gasteiger partial charge in [-0.1, -0.05) is 13.8 Å². The molecule has 0 heterocycles. The number of benzene rings is 1. The van der Waals surface area contributed by atoms with Crippen molar-refractivity contribution in [2.24, 2.45) is 5.92 Å². The summed E-state index contributed by atoms with van der Waals surface area (Å²) in [5, 5.41) is 19.9. The van der Waals surface area contributed by atoms with Gasteiger partial charge in [-0.3, -0.25) is 4.79 Å². The van der Waals surface area contributed by atoms with Crippen LogP contribution in [0.25, 0.3) is 0 Å². The van der Waals surface area contributed by atoms with Crippen molar-refractivity contribution in [3.8, 4) is 17.2 Å². The van der Waals surface area contributed by atoms with E-state index in [-0.39, 0.29) is 34.5 Å². The van der Waals surface area contributed by atoms with E-state index in [2.05, 4.69) is 0 Å². The number of carbonyl (C=O) groups excluding carboxylic acids is 1. The lowest BCUT2D eigenvalue weighted by Gasteiger charge is -2.18. The van der Waals surface area contributed by atoms with E-state index in [0.717, 1.165) is 0 Å². The highest BCUT2D eigenvalue weighted by atomic mass is 16.5. The number of rotatable bonds is 4. The van der Waals surface area contributed by atoms with Crippen LogP contribution in [0.3, 0.4) is 0 Å². The zero-order chi connectivity index (χ0) is 14.0. The van der Waals surface area contributed by atoms with Crippen LogP contribution < -0.4 is 4.74 Å². The van der Waals surface area contributed by atoms with Gasteiger partial charge in [0.15, 0.2) is 5.78 Å². The molecule has 0 spiro atoms. The minimum atomic E-state index is -0.201. The molecule has 1 rings (SSSR count). The maximum atomic E-state index is 12.3. The zero-order valence-corrected chi connectivity index (χ0v) is 11.5. The Kier molecular flexibility index (Phi) is 4.22. The van der Waals surface area contributed by atoms with Gasteiger partial charge in [-0.2, -0.15) is 0 Å². The Morgan fingerprint density at radius 2 is 1.78 bits per heavy atom. The predicted molar refractivity (Wildman–Crippen MR) is 69.6 cm³/mol. The van der Waals surface area contributed by atoms with Crippen LogP contribution in [0.4, 0.5) is 0 Å². The second kappa shape index (κ2) is 5.29. The first-order chi connectivity index (χ1) is 8.36. The Morgan fingerprint density at radius 1 is 1.22 bits per heavy atom. The van der Waals surface area contributed by atoms with Gasteiger partial charge in [0.25, 0.3) is 0 Å². The van der Waals surface area contributed by atoms with Crippen molar-refractivity contribution in [1.82, 2.24) is 0 Å². The number of phenolic OH excluding ortho intramolecular Hbond substituents is 2. The summed E-state index contributed by atoms with van der Waals surface area (Å²) in [5.74, 6) is -0.350. The highest BCUT2D eigenvalue weighted by Gasteiger charge is 2.27. The van der Waals surface area contributed by atoms with Gasteiger partial charge in [-0.25, -0.2) is 0 Å². The minimum absolute atomic E-state index is 0.0370. The monoisotopic (exact) mass is 252 g/mol. The van der Waals surface area contributed by atoms with E-state index in [1.54, 1.807) is 20.8 Å². The van der Waals surface area contributed by atoms with E-state index >= 15 is 0 Å². The Hall–Kier alpha value is -1.71. The van der Waals surface area contributed by atoms with Crippen LogP contribution in [0.15, 0.2) is 0 Å². The first-order valence-corrected chi connectivity index (χ1v) is 6.00. The number of carbonyl (C=O) groups is 1. The fraction of sp³-hybridized carbons (Fsp3) is 0.500. The standard InChI is InChI=1S/C14H20O4/c1-6-7(2)11(15)10-13(17)8(3)12(16)9(4)14(10)18-5/h7,16-17H,6H2,1-5H3/t7-/m1/s1. The maximum absolute atomic E-state index is 12.3. The molecule has 4 nitrogen and oxygen atoms in total. The third-order valence-corrected chi connectivity index (χ3v) is 3.38. The van der Waals surface area contributed by atoms with Gasteiger partial charge in [0.05, 0.1) is 7.11 Å². The van der Waals surface area contributed by atoms with Gasteiger partial charge in [0.2, 0.25) is 0 Å². The molecule has 1 aromatic carbocycles. The Balaban J connectivity index is 3.57. The van der Waals surface area contributed by atoms with E-state index in [1.165, 1.54) is 7.11 Å². The molecule has 2 N–H and O–H groups in total. The van der Waals surface area contributed by atoms with E-state index in [0.29, 0.717) is 17.5 Å². The molecule has 0 amide bonds. The first-order valence-electron chi connectivity index (χ1n) is 6.00. The van der Waals surface area contributed by atoms with Crippen molar-refractivity contribution in [2.75, 3.05) is 7.11 Å². The van der Waals surface area contributed by atoms with Gasteiger partial charge in [-0.15, -0.1) is 0 Å². The number of ketones is 1. The fourth-order valence-corrected chi connectivity index (χ4v) is 1.90. The van der Waals surface area contributed by atoms with Crippen LogP contribution in [0, 0.1) is 19.8 Å². The summed E-state index contributed by atoms with van der Waals surface area (Å²) >= 11 is 0. The molecule has 0 aliphatic carbocycles. The van der Waals surface area contributed by atoms with Crippen LogP contribution in [0.5, 0.6) is 17.2 Å². The number of ether oxygens (including phenoxy) is 1. The maximum Gasteiger partial charge on any atom is 0.173 e. The number of Topliss-reactive ketones (excluding diaryl/α,β-unsaturated/α-hetero) is 1. The quantitative estimate of drug-likeness (QED) is 0.808. The minimum Gasteiger partial charge on any atom is -0.507 e. The average molecular weight is 252 g/mol. The van der Waals surface area contributed by atoms with Crippen molar-refractivity contribution in [3.05, 3.63) is 16.7 Å². The van der Waals surface area contributed by atoms with Gasteiger partial charge >= 0.3 is 0 Å². The largest absolute Gasteiger partial charge is 0.507 e. The molecule has 0 unspecified atom stereocenters. The molecule has 0 saturated carbocycles. The summed E-state index contributed by atoms with van der Waals surface area (Å²) < 4.78 is 5.17. The molecule has 0 aliphatic heterocycles. The van der Waals surface area contributed by atoms with E-state index in [1.807, 2.05) is 6.92 Å². The Bertz CT molecular complexity index is 477. The molecule has 0 bridgehead atoms. The summed E-state index contributed by atoms with van der Waals surface area (Å²) in [6.45, 7) is 6.95. The summed E-state index contributed by atoms with van der Waals surface area (Å²) in [6, 6.07) is 0. The molecule has 100 valence electrons. The highest BCUT2D eigenvalue weighted by molar-refractivity contribution is 6.03. The molecule has 1 atom stereocenters. The third kappa shape index (κ3) is 2.15. The number of aromatic hydroxyl groups is 2. The molecule has 0 aliphatic rings. The summed E-state index contributed by atoms with van der Waals surface area (Å²) in [5.41, 5.74) is 0.944. The third-order valence-electron chi connectivity index (χ3n) is 3.38. The normalized spacial score (nSPS) is 12.3. The van der Waals surface area contributed by atoms with Crippen molar-refractivity contribution in [3.63, 3.8) is 0 Å². The van der Waals surface area contributed by atoms with Crippen molar-refractivity contribution < 1.29 is 19.7 Å². The molecule has 0 fully saturated rings. The number of phenols is 2. The van der Waals surface area contributed by atoms with Crippen molar-refractivity contribution in [1.29, 1.82) is 0 Å². The average Bonchev–Trinajstić information content (AvgIpc) is 2.38.